The van der Waals surface area contributed by atoms with Crippen molar-refractivity contribution in [3.8, 4) is 0 Å². The summed E-state index contributed by atoms with van der Waals surface area (Å²) in [5.74, 6) is 0. The molecule has 1 heterocycles. The van der Waals surface area contributed by atoms with E-state index in [4.69, 9.17) is 9.47 Å². The molecule has 3 nitrogen and oxygen atoms in total. The second-order valence-corrected chi connectivity index (χ2v) is 4.39. The van der Waals surface area contributed by atoms with E-state index >= 15 is 0 Å². The molecule has 1 aromatic rings. The minimum Gasteiger partial charge on any atom is -0.379 e. The van der Waals surface area contributed by atoms with Crippen molar-refractivity contribution in [1.29, 1.82) is 0 Å². The van der Waals surface area contributed by atoms with E-state index in [0.717, 1.165) is 32.8 Å². The second-order valence-electron chi connectivity index (χ2n) is 4.39. The molecule has 1 fully saturated rings. The number of hydrogen-bond acceptors (Lipinski definition) is 3. The third kappa shape index (κ3) is 5.00. The first kappa shape index (κ1) is 13.3. The quantitative estimate of drug-likeness (QED) is 0.567. The van der Waals surface area contributed by atoms with Gasteiger partial charge in [0.25, 0.3) is 0 Å². The molecule has 1 aliphatic rings. The van der Waals surface area contributed by atoms with Gasteiger partial charge in [0.1, 0.15) is 0 Å². The zero-order chi connectivity index (χ0) is 12.5. The van der Waals surface area contributed by atoms with Crippen LogP contribution >= 0.6 is 0 Å². The smallest absolute Gasteiger partial charge is 0.0721 e. The van der Waals surface area contributed by atoms with Crippen molar-refractivity contribution in [2.75, 3.05) is 39.5 Å². The summed E-state index contributed by atoms with van der Waals surface area (Å²) in [4.78, 5) is 2.39. The van der Waals surface area contributed by atoms with Gasteiger partial charge < -0.3 is 9.47 Å². The van der Waals surface area contributed by atoms with Crippen LogP contribution in [0.15, 0.2) is 42.5 Å². The highest BCUT2D eigenvalue weighted by Crippen LogP contribution is 2.00. The van der Waals surface area contributed by atoms with Crippen molar-refractivity contribution >= 4 is 0 Å². The van der Waals surface area contributed by atoms with Crippen molar-refractivity contribution in [2.45, 2.75) is 6.61 Å². The standard InChI is InChI=1S/C15H21NO2/c1-2-6-15(7-3-1)14-18-11-5-4-8-16-9-12-17-13-10-16/h1-7H,8-14H2/b5-4+. The fourth-order valence-corrected chi connectivity index (χ4v) is 1.89. The third-order valence-electron chi connectivity index (χ3n) is 2.96. The maximum Gasteiger partial charge on any atom is 0.0721 e. The van der Waals surface area contributed by atoms with E-state index in [1.54, 1.807) is 0 Å². The lowest BCUT2D eigenvalue weighted by atomic mass is 10.2. The summed E-state index contributed by atoms with van der Waals surface area (Å²) in [6.45, 7) is 6.15. The van der Waals surface area contributed by atoms with Crippen LogP contribution in [0.2, 0.25) is 0 Å². The SMILES string of the molecule is C(=C\CN1CCOCC1)/COCc1ccccc1. The highest BCUT2D eigenvalue weighted by molar-refractivity contribution is 5.13. The summed E-state index contributed by atoms with van der Waals surface area (Å²) >= 11 is 0. The Hall–Kier alpha value is -1.16. The maximum absolute atomic E-state index is 5.58. The lowest BCUT2D eigenvalue weighted by Crippen LogP contribution is -2.36. The lowest BCUT2D eigenvalue weighted by Gasteiger charge is -2.25. The van der Waals surface area contributed by atoms with Crippen LogP contribution in [0.5, 0.6) is 0 Å². The van der Waals surface area contributed by atoms with Crippen LogP contribution in [-0.2, 0) is 16.1 Å². The summed E-state index contributed by atoms with van der Waals surface area (Å²) in [6, 6.07) is 10.3. The van der Waals surface area contributed by atoms with Crippen LogP contribution < -0.4 is 0 Å². The van der Waals surface area contributed by atoms with E-state index in [-0.39, 0.29) is 0 Å². The summed E-state index contributed by atoms with van der Waals surface area (Å²) in [5, 5.41) is 0. The molecule has 0 N–H and O–H groups in total. The second kappa shape index (κ2) is 8.03. The lowest BCUT2D eigenvalue weighted by molar-refractivity contribution is 0.0433. The molecule has 2 rings (SSSR count). The normalized spacial score (nSPS) is 17.3. The van der Waals surface area contributed by atoms with Gasteiger partial charge in [-0.25, -0.2) is 0 Å². The van der Waals surface area contributed by atoms with E-state index in [9.17, 15) is 0 Å². The molecule has 0 amide bonds. The van der Waals surface area contributed by atoms with Gasteiger partial charge in [0.2, 0.25) is 0 Å². The molecule has 1 aromatic carbocycles. The Bertz CT molecular complexity index is 345. The average molecular weight is 247 g/mol. The number of rotatable bonds is 6. The van der Waals surface area contributed by atoms with Gasteiger partial charge in [-0.05, 0) is 5.56 Å². The first-order valence-corrected chi connectivity index (χ1v) is 6.52. The zero-order valence-electron chi connectivity index (χ0n) is 10.8. The number of ether oxygens (including phenoxy) is 2. The van der Waals surface area contributed by atoms with Gasteiger partial charge in [-0.2, -0.15) is 0 Å². The molecule has 0 saturated carbocycles. The molecule has 1 aliphatic heterocycles. The molecule has 0 bridgehead atoms. The number of benzene rings is 1. The summed E-state index contributed by atoms with van der Waals surface area (Å²) in [7, 11) is 0. The van der Waals surface area contributed by atoms with Gasteiger partial charge in [-0.1, -0.05) is 42.5 Å². The van der Waals surface area contributed by atoms with Crippen LogP contribution in [0.4, 0.5) is 0 Å². The van der Waals surface area contributed by atoms with Gasteiger partial charge in [-0.15, -0.1) is 0 Å². The molecule has 1 saturated heterocycles. The van der Waals surface area contributed by atoms with E-state index in [1.165, 1.54) is 5.56 Å². The Labute approximate surface area is 109 Å². The molecule has 18 heavy (non-hydrogen) atoms. The van der Waals surface area contributed by atoms with E-state index in [0.29, 0.717) is 13.2 Å². The Kier molecular flexibility index (Phi) is 5.92. The van der Waals surface area contributed by atoms with Gasteiger partial charge in [0, 0.05) is 19.6 Å². The molecule has 0 atom stereocenters. The Balaban J connectivity index is 1.55. The van der Waals surface area contributed by atoms with Crippen molar-refractivity contribution < 1.29 is 9.47 Å². The first-order valence-electron chi connectivity index (χ1n) is 6.52. The van der Waals surface area contributed by atoms with Crippen LogP contribution in [0.25, 0.3) is 0 Å². The predicted octanol–water partition coefficient (Wildman–Crippen LogP) is 2.09. The summed E-state index contributed by atoms with van der Waals surface area (Å²) in [6.07, 6.45) is 4.27. The Morgan fingerprint density at radius 2 is 1.89 bits per heavy atom. The largest absolute Gasteiger partial charge is 0.379 e. The monoisotopic (exact) mass is 247 g/mol. The van der Waals surface area contributed by atoms with Gasteiger partial charge in [0.15, 0.2) is 0 Å². The number of morpholine rings is 1. The van der Waals surface area contributed by atoms with Crippen molar-refractivity contribution in [1.82, 2.24) is 4.90 Å². The minimum absolute atomic E-state index is 0.680. The molecule has 98 valence electrons. The van der Waals surface area contributed by atoms with Gasteiger partial charge in [0.05, 0.1) is 26.4 Å². The van der Waals surface area contributed by atoms with Gasteiger partial charge in [-0.3, -0.25) is 4.90 Å². The summed E-state index contributed by atoms with van der Waals surface area (Å²) in [5.41, 5.74) is 1.22. The van der Waals surface area contributed by atoms with E-state index in [2.05, 4.69) is 29.2 Å². The zero-order valence-corrected chi connectivity index (χ0v) is 10.8. The Morgan fingerprint density at radius 1 is 1.11 bits per heavy atom. The summed E-state index contributed by atoms with van der Waals surface area (Å²) < 4.78 is 10.9. The molecule has 0 aromatic heterocycles. The van der Waals surface area contributed by atoms with Crippen LogP contribution in [0, 0.1) is 0 Å². The molecular formula is C15H21NO2. The highest BCUT2D eigenvalue weighted by atomic mass is 16.5. The third-order valence-corrected chi connectivity index (χ3v) is 2.96. The molecular weight excluding hydrogens is 226 g/mol. The molecule has 0 radical (unpaired) electrons. The van der Waals surface area contributed by atoms with Gasteiger partial charge >= 0.3 is 0 Å². The Morgan fingerprint density at radius 3 is 2.67 bits per heavy atom. The average Bonchev–Trinajstić information content (AvgIpc) is 2.45. The maximum atomic E-state index is 5.58. The van der Waals surface area contributed by atoms with E-state index in [1.807, 2.05) is 18.2 Å². The van der Waals surface area contributed by atoms with E-state index < -0.39 is 0 Å². The van der Waals surface area contributed by atoms with Crippen LogP contribution in [0.1, 0.15) is 5.56 Å². The number of hydrogen-bond donors (Lipinski definition) is 0. The van der Waals surface area contributed by atoms with Crippen LogP contribution in [0.3, 0.4) is 0 Å². The minimum atomic E-state index is 0.680. The fourth-order valence-electron chi connectivity index (χ4n) is 1.89. The van der Waals surface area contributed by atoms with Crippen molar-refractivity contribution in [3.05, 3.63) is 48.0 Å². The molecule has 3 heteroatoms. The van der Waals surface area contributed by atoms with Crippen molar-refractivity contribution in [3.63, 3.8) is 0 Å². The molecule has 0 aliphatic carbocycles. The first-order chi connectivity index (χ1) is 8.95. The molecule has 0 unspecified atom stereocenters. The van der Waals surface area contributed by atoms with Crippen LogP contribution in [-0.4, -0.2) is 44.4 Å². The highest BCUT2D eigenvalue weighted by Gasteiger charge is 2.07. The van der Waals surface area contributed by atoms with Crippen molar-refractivity contribution in [2.24, 2.45) is 0 Å². The number of nitrogens with zero attached hydrogens (tertiary/aromatic N) is 1. The topological polar surface area (TPSA) is 21.7 Å². The molecule has 0 spiro atoms. The predicted molar refractivity (Wildman–Crippen MR) is 72.5 cm³/mol. The fraction of sp³-hybridized carbons (Fsp3) is 0.467.